The number of fused-ring (bicyclic) bond motifs is 2. The number of aromatic nitrogens is 1. The Balaban J connectivity index is 1.98. The first-order chi connectivity index (χ1) is 8.24. The van der Waals surface area contributed by atoms with Crippen LogP contribution in [-0.4, -0.2) is 41.6 Å². The number of aryl methyl sites for hydroxylation is 1. The Bertz CT molecular complexity index is 461. The van der Waals surface area contributed by atoms with Crippen LogP contribution in [-0.2, 0) is 16.1 Å². The topological polar surface area (TPSA) is 54.5 Å². The standard InChI is InChI=1S/C12H15N3O2/c1-8-4-9-6-15-2-3-17-7-10(15)12(16)14-11(9)13-5-8/h4-5,10H,2-3,6-7H2,1H3,(H,13,14,16). The summed E-state index contributed by atoms with van der Waals surface area (Å²) < 4.78 is 5.36. The minimum Gasteiger partial charge on any atom is -0.378 e. The molecule has 1 fully saturated rings. The highest BCUT2D eigenvalue weighted by molar-refractivity contribution is 5.95. The molecule has 1 unspecified atom stereocenters. The molecule has 17 heavy (non-hydrogen) atoms. The molecular formula is C12H15N3O2. The number of hydrogen-bond acceptors (Lipinski definition) is 4. The van der Waals surface area contributed by atoms with E-state index < -0.39 is 0 Å². The Kier molecular flexibility index (Phi) is 2.57. The van der Waals surface area contributed by atoms with Crippen molar-refractivity contribution in [3.63, 3.8) is 0 Å². The maximum absolute atomic E-state index is 12.0. The quantitative estimate of drug-likeness (QED) is 0.710. The van der Waals surface area contributed by atoms with E-state index in [0.717, 1.165) is 24.2 Å². The molecule has 1 saturated heterocycles. The average molecular weight is 233 g/mol. The number of nitrogens with one attached hydrogen (secondary N) is 1. The molecule has 5 nitrogen and oxygen atoms in total. The first-order valence-corrected chi connectivity index (χ1v) is 5.82. The Hall–Kier alpha value is -1.46. The summed E-state index contributed by atoms with van der Waals surface area (Å²) in [7, 11) is 0. The lowest BCUT2D eigenvalue weighted by Gasteiger charge is -2.32. The molecule has 3 heterocycles. The number of ether oxygens (including phenoxy) is 1. The van der Waals surface area contributed by atoms with Gasteiger partial charge in [0.25, 0.3) is 0 Å². The number of morpholine rings is 1. The molecule has 0 aliphatic carbocycles. The van der Waals surface area contributed by atoms with E-state index in [1.807, 2.05) is 6.92 Å². The second-order valence-electron chi connectivity index (χ2n) is 4.57. The van der Waals surface area contributed by atoms with E-state index in [2.05, 4.69) is 21.3 Å². The minimum absolute atomic E-state index is 0.0141. The van der Waals surface area contributed by atoms with Crippen LogP contribution >= 0.6 is 0 Å². The number of nitrogens with zero attached hydrogens (tertiary/aromatic N) is 2. The summed E-state index contributed by atoms with van der Waals surface area (Å²) in [6.07, 6.45) is 1.78. The van der Waals surface area contributed by atoms with Crippen LogP contribution in [0.1, 0.15) is 11.1 Å². The van der Waals surface area contributed by atoms with Gasteiger partial charge in [0.1, 0.15) is 11.9 Å². The molecule has 5 heteroatoms. The summed E-state index contributed by atoms with van der Waals surface area (Å²) in [5, 5.41) is 2.88. The van der Waals surface area contributed by atoms with Gasteiger partial charge in [-0.3, -0.25) is 9.69 Å². The van der Waals surface area contributed by atoms with Crippen molar-refractivity contribution in [2.45, 2.75) is 19.5 Å². The third kappa shape index (κ3) is 1.92. The van der Waals surface area contributed by atoms with Gasteiger partial charge in [0.05, 0.1) is 13.2 Å². The van der Waals surface area contributed by atoms with Gasteiger partial charge in [0.15, 0.2) is 0 Å². The van der Waals surface area contributed by atoms with E-state index in [1.54, 1.807) is 6.20 Å². The summed E-state index contributed by atoms with van der Waals surface area (Å²) >= 11 is 0. The van der Waals surface area contributed by atoms with Gasteiger partial charge < -0.3 is 10.1 Å². The molecule has 1 aromatic heterocycles. The van der Waals surface area contributed by atoms with Gasteiger partial charge in [-0.05, 0) is 18.6 Å². The first kappa shape index (κ1) is 10.7. The van der Waals surface area contributed by atoms with Gasteiger partial charge in [-0.25, -0.2) is 4.98 Å². The van der Waals surface area contributed by atoms with Gasteiger partial charge in [0.2, 0.25) is 5.91 Å². The fraction of sp³-hybridized carbons (Fsp3) is 0.500. The number of anilines is 1. The maximum atomic E-state index is 12.0. The Morgan fingerprint density at radius 1 is 1.59 bits per heavy atom. The van der Waals surface area contributed by atoms with E-state index in [0.29, 0.717) is 19.0 Å². The Morgan fingerprint density at radius 2 is 2.47 bits per heavy atom. The zero-order chi connectivity index (χ0) is 11.8. The van der Waals surface area contributed by atoms with Crippen LogP contribution in [0.5, 0.6) is 0 Å². The monoisotopic (exact) mass is 233 g/mol. The lowest BCUT2D eigenvalue weighted by atomic mass is 10.1. The van der Waals surface area contributed by atoms with Gasteiger partial charge in [-0.15, -0.1) is 0 Å². The molecule has 90 valence electrons. The molecule has 0 saturated carbocycles. The molecule has 0 spiro atoms. The van der Waals surface area contributed by atoms with E-state index in [9.17, 15) is 4.79 Å². The van der Waals surface area contributed by atoms with Gasteiger partial charge in [0, 0.05) is 24.8 Å². The highest BCUT2D eigenvalue weighted by atomic mass is 16.5. The lowest BCUT2D eigenvalue weighted by Crippen LogP contribution is -2.49. The van der Waals surface area contributed by atoms with Crippen molar-refractivity contribution in [3.8, 4) is 0 Å². The maximum Gasteiger partial charge on any atom is 0.245 e. The molecule has 0 bridgehead atoms. The van der Waals surface area contributed by atoms with Crippen LogP contribution in [0.25, 0.3) is 0 Å². The van der Waals surface area contributed by atoms with Gasteiger partial charge in [-0.2, -0.15) is 0 Å². The zero-order valence-corrected chi connectivity index (χ0v) is 9.77. The highest BCUT2D eigenvalue weighted by Gasteiger charge is 2.33. The smallest absolute Gasteiger partial charge is 0.245 e. The number of amides is 1. The van der Waals surface area contributed by atoms with Crippen molar-refractivity contribution in [1.29, 1.82) is 0 Å². The predicted molar refractivity (Wildman–Crippen MR) is 62.6 cm³/mol. The molecule has 1 aromatic rings. The second kappa shape index (κ2) is 4.09. The molecular weight excluding hydrogens is 218 g/mol. The number of hydrogen-bond donors (Lipinski definition) is 1. The molecule has 1 amide bonds. The van der Waals surface area contributed by atoms with E-state index >= 15 is 0 Å². The second-order valence-corrected chi connectivity index (χ2v) is 4.57. The fourth-order valence-corrected chi connectivity index (χ4v) is 2.35. The normalized spacial score (nSPS) is 24.5. The van der Waals surface area contributed by atoms with Crippen LogP contribution in [0.4, 0.5) is 5.82 Å². The predicted octanol–water partition coefficient (Wildman–Crippen LogP) is 0.543. The largest absolute Gasteiger partial charge is 0.378 e. The third-order valence-corrected chi connectivity index (χ3v) is 3.26. The van der Waals surface area contributed by atoms with E-state index in [-0.39, 0.29) is 11.9 Å². The van der Waals surface area contributed by atoms with Gasteiger partial charge in [-0.1, -0.05) is 0 Å². The molecule has 2 aliphatic heterocycles. The highest BCUT2D eigenvalue weighted by Crippen LogP contribution is 2.23. The third-order valence-electron chi connectivity index (χ3n) is 3.26. The number of carbonyl (C=O) groups excluding carboxylic acids is 1. The fourth-order valence-electron chi connectivity index (χ4n) is 2.35. The SMILES string of the molecule is Cc1cnc2c(c1)CN1CCOCC1C(=O)N2. The number of rotatable bonds is 0. The summed E-state index contributed by atoms with van der Waals surface area (Å²) in [5.74, 6) is 0.676. The Labute approximate surface area is 99.8 Å². The van der Waals surface area contributed by atoms with E-state index in [4.69, 9.17) is 4.74 Å². The summed E-state index contributed by atoms with van der Waals surface area (Å²) in [4.78, 5) is 18.5. The van der Waals surface area contributed by atoms with Crippen LogP contribution < -0.4 is 5.32 Å². The van der Waals surface area contributed by atoms with Crippen molar-refractivity contribution in [2.75, 3.05) is 25.1 Å². The molecule has 1 atom stereocenters. The Morgan fingerprint density at radius 3 is 3.35 bits per heavy atom. The first-order valence-electron chi connectivity index (χ1n) is 5.82. The molecule has 0 radical (unpaired) electrons. The molecule has 1 N–H and O–H groups in total. The van der Waals surface area contributed by atoms with Crippen molar-refractivity contribution in [2.24, 2.45) is 0 Å². The van der Waals surface area contributed by atoms with Gasteiger partial charge >= 0.3 is 0 Å². The average Bonchev–Trinajstić information content (AvgIpc) is 2.46. The van der Waals surface area contributed by atoms with Crippen LogP contribution in [0.2, 0.25) is 0 Å². The molecule has 2 aliphatic rings. The van der Waals surface area contributed by atoms with Crippen LogP contribution in [0.15, 0.2) is 12.3 Å². The number of pyridine rings is 1. The molecule has 3 rings (SSSR count). The van der Waals surface area contributed by atoms with Crippen molar-refractivity contribution in [3.05, 3.63) is 23.4 Å². The number of carbonyl (C=O) groups is 1. The summed E-state index contributed by atoms with van der Waals surface area (Å²) in [6, 6.07) is 1.90. The van der Waals surface area contributed by atoms with Crippen molar-refractivity contribution < 1.29 is 9.53 Å². The van der Waals surface area contributed by atoms with Crippen molar-refractivity contribution >= 4 is 11.7 Å². The van der Waals surface area contributed by atoms with Crippen LogP contribution in [0.3, 0.4) is 0 Å². The summed E-state index contributed by atoms with van der Waals surface area (Å²) in [5.41, 5.74) is 2.20. The van der Waals surface area contributed by atoms with Crippen molar-refractivity contribution in [1.82, 2.24) is 9.88 Å². The zero-order valence-electron chi connectivity index (χ0n) is 9.77. The summed E-state index contributed by atoms with van der Waals surface area (Å²) in [6.45, 7) is 4.73. The lowest BCUT2D eigenvalue weighted by molar-refractivity contribution is -0.127. The van der Waals surface area contributed by atoms with Crippen LogP contribution in [0, 0.1) is 6.92 Å². The van der Waals surface area contributed by atoms with E-state index in [1.165, 1.54) is 0 Å². The minimum atomic E-state index is -0.182. The molecule has 0 aromatic carbocycles.